The third kappa shape index (κ3) is 5.81. The van der Waals surface area contributed by atoms with Gasteiger partial charge in [0.1, 0.15) is 18.2 Å². The number of halogens is 3. The Balaban J connectivity index is 1.22. The molecular weight excluding hydrogens is 629 g/mol. The molecule has 6 aromatic rings. The molecule has 0 saturated carbocycles. The quantitative estimate of drug-likeness (QED) is 0.197. The second kappa shape index (κ2) is 12.6. The molecule has 248 valence electrons. The van der Waals surface area contributed by atoms with Crippen molar-refractivity contribution in [2.45, 2.75) is 19.1 Å². The van der Waals surface area contributed by atoms with Gasteiger partial charge in [0.2, 0.25) is 5.82 Å². The highest BCUT2D eigenvalue weighted by Gasteiger charge is 2.40. The maximum atomic E-state index is 14.4. The summed E-state index contributed by atoms with van der Waals surface area (Å²) in [5, 5.41) is 9.40. The van der Waals surface area contributed by atoms with E-state index in [1.165, 1.54) is 39.9 Å². The first-order valence-electron chi connectivity index (χ1n) is 15.3. The van der Waals surface area contributed by atoms with Crippen molar-refractivity contribution in [3.63, 3.8) is 0 Å². The predicted molar refractivity (Wildman–Crippen MR) is 169 cm³/mol. The average molecular weight is 661 g/mol. The van der Waals surface area contributed by atoms with Gasteiger partial charge in [-0.15, -0.1) is 5.10 Å². The molecule has 1 atom stereocenters. The van der Waals surface area contributed by atoms with Crippen molar-refractivity contribution in [2.75, 3.05) is 51.4 Å². The average Bonchev–Trinajstić information content (AvgIpc) is 3.86. The predicted octanol–water partition coefficient (Wildman–Crippen LogP) is 5.02. The van der Waals surface area contributed by atoms with Crippen LogP contribution in [0.3, 0.4) is 0 Å². The van der Waals surface area contributed by atoms with Gasteiger partial charge in [-0.2, -0.15) is 22.8 Å². The number of carbonyl (C=O) groups is 1. The molecule has 7 rings (SSSR count). The molecule has 1 fully saturated rings. The Kier molecular flexibility index (Phi) is 8.21. The molecule has 12 nitrogen and oxygen atoms in total. The van der Waals surface area contributed by atoms with E-state index < -0.39 is 23.7 Å². The minimum absolute atomic E-state index is 0.208. The Hall–Kier alpha value is -5.44. The normalized spacial score (nSPS) is 14.6. The first-order chi connectivity index (χ1) is 23.2. The van der Waals surface area contributed by atoms with E-state index in [0.29, 0.717) is 73.6 Å². The van der Waals surface area contributed by atoms with Crippen molar-refractivity contribution in [2.24, 2.45) is 0 Å². The second-order valence-electron chi connectivity index (χ2n) is 11.3. The highest BCUT2D eigenvalue weighted by atomic mass is 19.4. The molecule has 0 radical (unpaired) electrons. The van der Waals surface area contributed by atoms with E-state index in [-0.39, 0.29) is 11.2 Å². The number of furan rings is 1. The van der Waals surface area contributed by atoms with E-state index in [1.54, 1.807) is 31.1 Å². The molecule has 0 aliphatic carbocycles. The van der Waals surface area contributed by atoms with Gasteiger partial charge in [0.05, 0.1) is 30.0 Å². The molecule has 1 unspecified atom stereocenters. The zero-order chi connectivity index (χ0) is 33.4. The van der Waals surface area contributed by atoms with Crippen molar-refractivity contribution in [1.29, 1.82) is 0 Å². The van der Waals surface area contributed by atoms with E-state index >= 15 is 0 Å². The molecule has 15 heteroatoms. The van der Waals surface area contributed by atoms with Crippen LogP contribution < -0.4 is 9.64 Å². The van der Waals surface area contributed by atoms with Crippen molar-refractivity contribution in [3.05, 3.63) is 90.1 Å². The molecule has 2 aromatic carbocycles. The number of hydrogen-bond acceptors (Lipinski definition) is 9. The maximum Gasteiger partial charge on any atom is 0.416 e. The SMILES string of the molecule is COCCOc1ccc(N2CCN(C(=O)C(c3ccccc3C(F)(F)F)n3ncc4c3nc(C)n3nc(-c5ccco5)nc43)CC2)cc1. The van der Waals surface area contributed by atoms with Gasteiger partial charge < -0.3 is 23.7 Å². The molecule has 1 amide bonds. The molecule has 4 aromatic heterocycles. The van der Waals surface area contributed by atoms with Crippen LogP contribution in [0.15, 0.2) is 77.5 Å². The number of ether oxygens (including phenoxy) is 2. The van der Waals surface area contributed by atoms with Crippen molar-refractivity contribution < 1.29 is 31.9 Å². The van der Waals surface area contributed by atoms with Crippen molar-refractivity contribution in [1.82, 2.24) is 34.3 Å². The summed E-state index contributed by atoms with van der Waals surface area (Å²) in [6, 6.07) is 14.7. The van der Waals surface area contributed by atoms with Gasteiger partial charge in [0.15, 0.2) is 23.1 Å². The smallest absolute Gasteiger partial charge is 0.416 e. The fourth-order valence-electron chi connectivity index (χ4n) is 5.95. The van der Waals surface area contributed by atoms with Crippen LogP contribution in [-0.2, 0) is 15.7 Å². The molecular formula is C33H31F3N8O4. The number of amides is 1. The van der Waals surface area contributed by atoms with Gasteiger partial charge in [0, 0.05) is 39.0 Å². The molecule has 48 heavy (non-hydrogen) atoms. The standard InChI is InChI=1S/C33H31F3N8O4/c1-21-38-30-25(31-39-29(40-43(21)31)27-8-5-17-48-27)20-37-44(30)28(24-6-3-4-7-26(24)33(34,35)36)32(45)42-15-13-41(14-16-42)22-9-11-23(12-10-22)47-19-18-46-2/h3-12,17,20,28H,13-16,18-19H2,1-2H3. The molecule has 1 saturated heterocycles. The van der Waals surface area contributed by atoms with Crippen molar-refractivity contribution >= 4 is 28.3 Å². The lowest BCUT2D eigenvalue weighted by atomic mass is 9.98. The van der Waals surface area contributed by atoms with Gasteiger partial charge in [0.25, 0.3) is 5.91 Å². The molecule has 0 spiro atoms. The zero-order valence-electron chi connectivity index (χ0n) is 26.1. The first-order valence-corrected chi connectivity index (χ1v) is 15.3. The second-order valence-corrected chi connectivity index (χ2v) is 11.3. The fourth-order valence-corrected chi connectivity index (χ4v) is 5.95. The van der Waals surface area contributed by atoms with Crippen LogP contribution in [0.4, 0.5) is 18.9 Å². The lowest BCUT2D eigenvalue weighted by molar-refractivity contribution is -0.140. The number of hydrogen-bond donors (Lipinski definition) is 0. The van der Waals surface area contributed by atoms with E-state index in [9.17, 15) is 18.0 Å². The number of carbonyl (C=O) groups excluding carboxylic acids is 1. The number of aromatic nitrogens is 6. The Bertz CT molecular complexity index is 2050. The van der Waals surface area contributed by atoms with Gasteiger partial charge in [-0.05, 0) is 55.0 Å². The molecule has 1 aliphatic rings. The summed E-state index contributed by atoms with van der Waals surface area (Å²) in [5.74, 6) is 1.35. The molecule has 0 N–H and O–H groups in total. The summed E-state index contributed by atoms with van der Waals surface area (Å²) in [4.78, 5) is 27.4. The van der Waals surface area contributed by atoms with Crippen LogP contribution in [0.5, 0.6) is 5.75 Å². The Morgan fingerprint density at radius 1 is 0.958 bits per heavy atom. The van der Waals surface area contributed by atoms with Gasteiger partial charge in [-0.1, -0.05) is 18.2 Å². The fraction of sp³-hybridized carbons (Fsp3) is 0.303. The zero-order valence-corrected chi connectivity index (χ0v) is 26.1. The van der Waals surface area contributed by atoms with Crippen LogP contribution in [0.25, 0.3) is 28.3 Å². The number of fused-ring (bicyclic) bond motifs is 3. The Morgan fingerprint density at radius 2 is 1.73 bits per heavy atom. The first kappa shape index (κ1) is 31.2. The van der Waals surface area contributed by atoms with Crippen molar-refractivity contribution in [3.8, 4) is 17.3 Å². The highest BCUT2D eigenvalue weighted by Crippen LogP contribution is 2.38. The lowest BCUT2D eigenvalue weighted by Gasteiger charge is -2.38. The summed E-state index contributed by atoms with van der Waals surface area (Å²) in [6.07, 6.45) is -1.75. The monoisotopic (exact) mass is 660 g/mol. The van der Waals surface area contributed by atoms with Crippen LogP contribution in [-0.4, -0.2) is 86.7 Å². The Labute approximate surface area is 272 Å². The number of alkyl halides is 3. The number of methoxy groups -OCH3 is 1. The largest absolute Gasteiger partial charge is 0.491 e. The summed E-state index contributed by atoms with van der Waals surface area (Å²) in [5.41, 5.74) is 0.404. The van der Waals surface area contributed by atoms with Crippen LogP contribution in [0, 0.1) is 6.92 Å². The summed E-state index contributed by atoms with van der Waals surface area (Å²) >= 11 is 0. The molecule has 1 aliphatic heterocycles. The summed E-state index contributed by atoms with van der Waals surface area (Å²) < 4.78 is 62.1. The van der Waals surface area contributed by atoms with E-state index in [2.05, 4.69) is 25.1 Å². The van der Waals surface area contributed by atoms with E-state index in [0.717, 1.165) is 11.8 Å². The minimum atomic E-state index is -4.71. The summed E-state index contributed by atoms with van der Waals surface area (Å²) in [6.45, 7) is 4.17. The number of rotatable bonds is 9. The van der Waals surface area contributed by atoms with Gasteiger partial charge in [-0.25, -0.2) is 14.6 Å². The lowest BCUT2D eigenvalue weighted by Crippen LogP contribution is -2.51. The number of anilines is 1. The number of benzene rings is 2. The third-order valence-electron chi connectivity index (χ3n) is 8.32. The van der Waals surface area contributed by atoms with E-state index in [1.807, 2.05) is 24.3 Å². The van der Waals surface area contributed by atoms with Crippen LogP contribution in [0.2, 0.25) is 0 Å². The Morgan fingerprint density at radius 3 is 2.44 bits per heavy atom. The van der Waals surface area contributed by atoms with Crippen LogP contribution in [0.1, 0.15) is 23.0 Å². The number of aryl methyl sites for hydroxylation is 1. The minimum Gasteiger partial charge on any atom is -0.491 e. The summed E-state index contributed by atoms with van der Waals surface area (Å²) in [7, 11) is 1.61. The topological polar surface area (TPSA) is 116 Å². The third-order valence-corrected chi connectivity index (χ3v) is 8.32. The molecule has 5 heterocycles. The maximum absolute atomic E-state index is 14.4. The van der Waals surface area contributed by atoms with E-state index in [4.69, 9.17) is 13.9 Å². The van der Waals surface area contributed by atoms with Gasteiger partial charge in [-0.3, -0.25) is 4.79 Å². The van der Waals surface area contributed by atoms with Crippen LogP contribution >= 0.6 is 0 Å². The highest BCUT2D eigenvalue weighted by molar-refractivity contribution is 5.92. The molecule has 0 bridgehead atoms. The van der Waals surface area contributed by atoms with Gasteiger partial charge >= 0.3 is 6.18 Å². The number of nitrogens with zero attached hydrogens (tertiary/aromatic N) is 8. The number of piperazine rings is 1.